The molecule has 0 saturated heterocycles. The number of pyridine rings is 1. The Bertz CT molecular complexity index is 1000. The quantitative estimate of drug-likeness (QED) is 0.701. The molecule has 0 unspecified atom stereocenters. The number of aromatic nitrogens is 3. The van der Waals surface area contributed by atoms with Gasteiger partial charge in [0.15, 0.2) is 0 Å². The van der Waals surface area contributed by atoms with Crippen molar-refractivity contribution in [2.45, 2.75) is 19.5 Å². The average Bonchev–Trinajstić information content (AvgIpc) is 3.13. The fraction of sp³-hybridized carbons (Fsp3) is 0.211. The smallest absolute Gasteiger partial charge is 0.260 e. The minimum atomic E-state index is -0.239. The van der Waals surface area contributed by atoms with Gasteiger partial charge >= 0.3 is 0 Å². The zero-order valence-electron chi connectivity index (χ0n) is 14.4. The Kier molecular flexibility index (Phi) is 5.11. The molecule has 3 heterocycles. The van der Waals surface area contributed by atoms with Crippen LogP contribution in [0, 0.1) is 0 Å². The van der Waals surface area contributed by atoms with Gasteiger partial charge in [-0.2, -0.15) is 5.10 Å². The molecular formula is C19H17Cl2N5O. The summed E-state index contributed by atoms with van der Waals surface area (Å²) in [7, 11) is 0. The van der Waals surface area contributed by atoms with Crippen LogP contribution in [-0.4, -0.2) is 27.2 Å². The van der Waals surface area contributed by atoms with Crippen LogP contribution in [0.5, 0.6) is 0 Å². The van der Waals surface area contributed by atoms with Crippen molar-refractivity contribution >= 4 is 34.9 Å². The van der Waals surface area contributed by atoms with Gasteiger partial charge in [0.25, 0.3) is 5.91 Å². The molecule has 8 heteroatoms. The van der Waals surface area contributed by atoms with E-state index in [-0.39, 0.29) is 5.91 Å². The first-order valence-corrected chi connectivity index (χ1v) is 9.31. The standard InChI is InChI=1S/C19H17Cl2N5O/c20-15-3-1-12(7-16(15)21)10-26-11-14(9-23-26)19(27)25-18-4-2-13-8-22-6-5-17(13)24-18/h1-4,7,9,11,22H,5-6,8,10H2,(H,24,25,27). The Hall–Kier alpha value is -2.41. The number of hydrogen-bond donors (Lipinski definition) is 2. The van der Waals surface area contributed by atoms with Crippen LogP contribution in [0.1, 0.15) is 27.2 Å². The van der Waals surface area contributed by atoms with Crippen molar-refractivity contribution in [1.82, 2.24) is 20.1 Å². The third kappa shape index (κ3) is 4.13. The fourth-order valence-corrected chi connectivity index (χ4v) is 3.31. The molecule has 1 aliphatic rings. The summed E-state index contributed by atoms with van der Waals surface area (Å²) in [6, 6.07) is 9.23. The van der Waals surface area contributed by atoms with Crippen LogP contribution in [0.15, 0.2) is 42.7 Å². The van der Waals surface area contributed by atoms with Gasteiger partial charge < -0.3 is 10.6 Å². The first-order chi connectivity index (χ1) is 13.1. The van der Waals surface area contributed by atoms with Gasteiger partial charge in [0.2, 0.25) is 0 Å². The summed E-state index contributed by atoms with van der Waals surface area (Å²) in [6.45, 7) is 2.21. The van der Waals surface area contributed by atoms with Crippen molar-refractivity contribution in [1.29, 1.82) is 0 Å². The molecule has 4 rings (SSSR count). The summed E-state index contributed by atoms with van der Waals surface area (Å²) in [6.07, 6.45) is 4.09. The van der Waals surface area contributed by atoms with Crippen LogP contribution < -0.4 is 10.6 Å². The molecule has 0 atom stereocenters. The van der Waals surface area contributed by atoms with Crippen molar-refractivity contribution in [2.24, 2.45) is 0 Å². The zero-order valence-corrected chi connectivity index (χ0v) is 15.9. The number of carbonyl (C=O) groups excluding carboxylic acids is 1. The molecule has 1 aliphatic heterocycles. The summed E-state index contributed by atoms with van der Waals surface area (Å²) in [4.78, 5) is 17.0. The van der Waals surface area contributed by atoms with Crippen LogP contribution in [-0.2, 0) is 19.5 Å². The number of benzene rings is 1. The van der Waals surface area contributed by atoms with E-state index in [1.807, 2.05) is 18.2 Å². The SMILES string of the molecule is O=C(Nc1ccc2c(n1)CCNC2)c1cnn(Cc2ccc(Cl)c(Cl)c2)c1. The van der Waals surface area contributed by atoms with E-state index < -0.39 is 0 Å². The van der Waals surface area contributed by atoms with E-state index in [1.165, 1.54) is 11.8 Å². The van der Waals surface area contributed by atoms with E-state index in [0.717, 1.165) is 30.8 Å². The lowest BCUT2D eigenvalue weighted by molar-refractivity contribution is 0.102. The predicted octanol–water partition coefficient (Wildman–Crippen LogP) is 3.53. The van der Waals surface area contributed by atoms with Crippen molar-refractivity contribution in [3.8, 4) is 0 Å². The third-order valence-electron chi connectivity index (χ3n) is 4.39. The van der Waals surface area contributed by atoms with Crippen LogP contribution in [0.2, 0.25) is 10.0 Å². The summed E-state index contributed by atoms with van der Waals surface area (Å²) in [5, 5.41) is 11.4. The number of nitrogens with one attached hydrogen (secondary N) is 2. The Morgan fingerprint density at radius 2 is 2.11 bits per heavy atom. The molecule has 2 aromatic heterocycles. The van der Waals surface area contributed by atoms with E-state index >= 15 is 0 Å². The lowest BCUT2D eigenvalue weighted by atomic mass is 10.1. The normalized spacial score (nSPS) is 13.3. The van der Waals surface area contributed by atoms with E-state index in [1.54, 1.807) is 23.0 Å². The zero-order chi connectivity index (χ0) is 18.8. The van der Waals surface area contributed by atoms with Gasteiger partial charge in [0.05, 0.1) is 28.4 Å². The average molecular weight is 402 g/mol. The number of carbonyl (C=O) groups is 1. The highest BCUT2D eigenvalue weighted by Gasteiger charge is 2.14. The molecule has 3 aromatic rings. The molecule has 0 radical (unpaired) electrons. The molecule has 138 valence electrons. The summed E-state index contributed by atoms with van der Waals surface area (Å²) in [5.74, 6) is 0.314. The molecule has 1 aromatic carbocycles. The Labute approximate surface area is 166 Å². The van der Waals surface area contributed by atoms with Gasteiger partial charge in [-0.25, -0.2) is 4.98 Å². The van der Waals surface area contributed by atoms with E-state index in [2.05, 4.69) is 20.7 Å². The molecule has 0 spiro atoms. The van der Waals surface area contributed by atoms with Gasteiger partial charge in [-0.1, -0.05) is 35.3 Å². The summed E-state index contributed by atoms with van der Waals surface area (Å²) in [5.41, 5.74) is 3.62. The number of rotatable bonds is 4. The maximum atomic E-state index is 12.5. The number of halogens is 2. The number of anilines is 1. The van der Waals surface area contributed by atoms with E-state index in [4.69, 9.17) is 23.2 Å². The number of hydrogen-bond acceptors (Lipinski definition) is 4. The molecule has 2 N–H and O–H groups in total. The van der Waals surface area contributed by atoms with Crippen LogP contribution in [0.4, 0.5) is 5.82 Å². The van der Waals surface area contributed by atoms with Crippen LogP contribution >= 0.6 is 23.2 Å². The van der Waals surface area contributed by atoms with Gasteiger partial charge in [0.1, 0.15) is 5.82 Å². The van der Waals surface area contributed by atoms with Gasteiger partial charge in [0, 0.05) is 31.4 Å². The maximum absolute atomic E-state index is 12.5. The highest BCUT2D eigenvalue weighted by Crippen LogP contribution is 2.23. The van der Waals surface area contributed by atoms with Gasteiger partial charge in [-0.15, -0.1) is 0 Å². The monoisotopic (exact) mass is 401 g/mol. The topological polar surface area (TPSA) is 71.8 Å². The second kappa shape index (κ2) is 7.68. The van der Waals surface area contributed by atoms with E-state index in [9.17, 15) is 4.79 Å². The van der Waals surface area contributed by atoms with Gasteiger partial charge in [-0.05, 0) is 29.3 Å². The van der Waals surface area contributed by atoms with Crippen molar-refractivity contribution in [2.75, 3.05) is 11.9 Å². The molecule has 0 saturated carbocycles. The Balaban J connectivity index is 1.44. The third-order valence-corrected chi connectivity index (χ3v) is 5.13. The molecule has 27 heavy (non-hydrogen) atoms. The first kappa shape index (κ1) is 18.0. The van der Waals surface area contributed by atoms with Crippen molar-refractivity contribution in [3.63, 3.8) is 0 Å². The molecule has 0 aliphatic carbocycles. The van der Waals surface area contributed by atoms with Crippen molar-refractivity contribution in [3.05, 3.63) is 75.2 Å². The minimum absolute atomic E-state index is 0.239. The summed E-state index contributed by atoms with van der Waals surface area (Å²) < 4.78 is 1.68. The molecule has 0 bridgehead atoms. The Morgan fingerprint density at radius 1 is 1.22 bits per heavy atom. The summed E-state index contributed by atoms with van der Waals surface area (Å²) >= 11 is 12.0. The lowest BCUT2D eigenvalue weighted by Crippen LogP contribution is -2.25. The number of fused-ring (bicyclic) bond motifs is 1. The number of nitrogens with zero attached hydrogens (tertiary/aromatic N) is 3. The largest absolute Gasteiger partial charge is 0.312 e. The first-order valence-electron chi connectivity index (χ1n) is 8.56. The predicted molar refractivity (Wildman–Crippen MR) is 105 cm³/mol. The molecule has 1 amide bonds. The molecule has 0 fully saturated rings. The maximum Gasteiger partial charge on any atom is 0.260 e. The van der Waals surface area contributed by atoms with Crippen LogP contribution in [0.25, 0.3) is 0 Å². The minimum Gasteiger partial charge on any atom is -0.312 e. The van der Waals surface area contributed by atoms with E-state index in [0.29, 0.717) is 28.0 Å². The highest BCUT2D eigenvalue weighted by atomic mass is 35.5. The lowest BCUT2D eigenvalue weighted by Gasteiger charge is -2.16. The van der Waals surface area contributed by atoms with Crippen LogP contribution in [0.3, 0.4) is 0 Å². The van der Waals surface area contributed by atoms with Gasteiger partial charge in [-0.3, -0.25) is 9.48 Å². The highest BCUT2D eigenvalue weighted by molar-refractivity contribution is 6.42. The second-order valence-electron chi connectivity index (χ2n) is 6.36. The molecule has 6 nitrogen and oxygen atoms in total. The second-order valence-corrected chi connectivity index (χ2v) is 7.17. The Morgan fingerprint density at radius 3 is 2.96 bits per heavy atom. The fourth-order valence-electron chi connectivity index (χ4n) is 2.99. The number of amides is 1. The van der Waals surface area contributed by atoms with Crippen molar-refractivity contribution < 1.29 is 4.79 Å². The molecular weight excluding hydrogens is 385 g/mol.